The maximum absolute atomic E-state index is 5.97. The van der Waals surface area contributed by atoms with Crippen LogP contribution in [0.5, 0.6) is 0 Å². The van der Waals surface area contributed by atoms with Gasteiger partial charge in [0.25, 0.3) is 0 Å². The Labute approximate surface area is 142 Å². The van der Waals surface area contributed by atoms with Crippen molar-refractivity contribution in [2.75, 3.05) is 6.54 Å². The van der Waals surface area contributed by atoms with Crippen molar-refractivity contribution in [2.45, 2.75) is 32.4 Å². The van der Waals surface area contributed by atoms with Crippen molar-refractivity contribution in [1.82, 2.24) is 10.6 Å². The van der Waals surface area contributed by atoms with E-state index in [4.69, 9.17) is 11.6 Å². The quantitative estimate of drug-likeness (QED) is 0.347. The Kier molecular flexibility index (Phi) is 7.99. The van der Waals surface area contributed by atoms with Crippen LogP contribution >= 0.6 is 35.6 Å². The molecule has 0 saturated carbocycles. The highest BCUT2D eigenvalue weighted by Gasteiger charge is 2.11. The topological polar surface area (TPSA) is 36.4 Å². The lowest BCUT2D eigenvalue weighted by atomic mass is 10.2. The summed E-state index contributed by atoms with van der Waals surface area (Å²) in [5.74, 6) is 0.871. The number of rotatable bonds is 4. The van der Waals surface area contributed by atoms with Crippen molar-refractivity contribution < 1.29 is 0 Å². The van der Waals surface area contributed by atoms with Gasteiger partial charge in [0.1, 0.15) is 0 Å². The predicted molar refractivity (Wildman–Crippen MR) is 97.0 cm³/mol. The van der Waals surface area contributed by atoms with Crippen molar-refractivity contribution in [3.63, 3.8) is 0 Å². The van der Waals surface area contributed by atoms with Crippen LogP contribution in [0.25, 0.3) is 0 Å². The van der Waals surface area contributed by atoms with Gasteiger partial charge in [0.2, 0.25) is 0 Å². The van der Waals surface area contributed by atoms with E-state index < -0.39 is 0 Å². The highest BCUT2D eigenvalue weighted by Crippen LogP contribution is 2.12. The normalized spacial score (nSPS) is 15.0. The van der Waals surface area contributed by atoms with E-state index in [1.54, 1.807) is 0 Å². The van der Waals surface area contributed by atoms with Crippen LogP contribution in [-0.2, 0) is 6.54 Å². The minimum atomic E-state index is 0. The second-order valence-corrected chi connectivity index (χ2v) is 5.05. The molecule has 1 aromatic rings. The molecule has 20 heavy (non-hydrogen) atoms. The van der Waals surface area contributed by atoms with Crippen LogP contribution in [0.2, 0.25) is 5.02 Å². The summed E-state index contributed by atoms with van der Waals surface area (Å²) in [6.07, 6.45) is 6.56. The Morgan fingerprint density at radius 1 is 1.35 bits per heavy atom. The minimum Gasteiger partial charge on any atom is -0.357 e. The van der Waals surface area contributed by atoms with Gasteiger partial charge in [-0.25, -0.2) is 4.99 Å². The van der Waals surface area contributed by atoms with Crippen LogP contribution in [0.3, 0.4) is 0 Å². The maximum atomic E-state index is 5.97. The number of hydrogen-bond acceptors (Lipinski definition) is 1. The Hall–Kier alpha value is -0.750. The lowest BCUT2D eigenvalue weighted by Gasteiger charge is -2.16. The molecular formula is C15H21ClIN3. The van der Waals surface area contributed by atoms with Gasteiger partial charge < -0.3 is 10.6 Å². The number of halogens is 2. The molecule has 0 unspecified atom stereocenters. The Morgan fingerprint density at radius 3 is 2.75 bits per heavy atom. The minimum absolute atomic E-state index is 0. The Balaban J connectivity index is 0.00000200. The van der Waals surface area contributed by atoms with Gasteiger partial charge in [-0.2, -0.15) is 0 Å². The molecule has 0 aliphatic heterocycles. The van der Waals surface area contributed by atoms with Gasteiger partial charge >= 0.3 is 0 Å². The van der Waals surface area contributed by atoms with Crippen LogP contribution in [0, 0.1) is 0 Å². The standard InChI is InChI=1S/C15H20ClN3.HI/c1-2-17-15(19-14-8-3-4-9-14)18-11-12-6-5-7-13(16)10-12;/h3-7,10,14H,2,8-9,11H2,1H3,(H2,17,18,19);1H. The van der Waals surface area contributed by atoms with Crippen LogP contribution in [0.4, 0.5) is 0 Å². The average molecular weight is 406 g/mol. The van der Waals surface area contributed by atoms with E-state index in [1.807, 2.05) is 24.3 Å². The molecule has 1 aliphatic rings. The van der Waals surface area contributed by atoms with Crippen LogP contribution in [-0.4, -0.2) is 18.5 Å². The summed E-state index contributed by atoms with van der Waals surface area (Å²) in [6, 6.07) is 8.29. The van der Waals surface area contributed by atoms with Gasteiger partial charge in [0.05, 0.1) is 6.54 Å². The fourth-order valence-electron chi connectivity index (χ4n) is 2.05. The molecule has 0 bridgehead atoms. The fraction of sp³-hybridized carbons (Fsp3) is 0.400. The van der Waals surface area contributed by atoms with Gasteiger partial charge in [-0.3, -0.25) is 0 Å². The van der Waals surface area contributed by atoms with Gasteiger partial charge in [0.15, 0.2) is 5.96 Å². The molecule has 0 atom stereocenters. The van der Waals surface area contributed by atoms with Crippen LogP contribution in [0.1, 0.15) is 25.3 Å². The zero-order chi connectivity index (χ0) is 13.5. The Bertz CT molecular complexity index is 466. The summed E-state index contributed by atoms with van der Waals surface area (Å²) in [5, 5.41) is 7.47. The second-order valence-electron chi connectivity index (χ2n) is 4.61. The van der Waals surface area contributed by atoms with Gasteiger partial charge in [-0.15, -0.1) is 24.0 Å². The molecule has 0 radical (unpaired) electrons. The molecule has 1 aromatic carbocycles. The third-order valence-electron chi connectivity index (χ3n) is 3.00. The molecular weight excluding hydrogens is 385 g/mol. The highest BCUT2D eigenvalue weighted by atomic mass is 127. The maximum Gasteiger partial charge on any atom is 0.191 e. The van der Waals surface area contributed by atoms with E-state index in [-0.39, 0.29) is 24.0 Å². The van der Waals surface area contributed by atoms with Crippen molar-refractivity contribution >= 4 is 41.5 Å². The monoisotopic (exact) mass is 405 g/mol. The molecule has 110 valence electrons. The van der Waals surface area contributed by atoms with E-state index >= 15 is 0 Å². The van der Waals surface area contributed by atoms with E-state index in [1.165, 1.54) is 0 Å². The lowest BCUT2D eigenvalue weighted by molar-refractivity contribution is 0.633. The summed E-state index contributed by atoms with van der Waals surface area (Å²) in [6.45, 7) is 3.57. The molecule has 2 N–H and O–H groups in total. The summed E-state index contributed by atoms with van der Waals surface area (Å²) in [4.78, 5) is 4.60. The first-order chi connectivity index (χ1) is 9.28. The van der Waals surface area contributed by atoms with Crippen molar-refractivity contribution in [3.05, 3.63) is 47.0 Å². The van der Waals surface area contributed by atoms with E-state index in [9.17, 15) is 0 Å². The lowest BCUT2D eigenvalue weighted by Crippen LogP contribution is -2.42. The van der Waals surface area contributed by atoms with Crippen LogP contribution < -0.4 is 10.6 Å². The van der Waals surface area contributed by atoms with E-state index in [0.29, 0.717) is 12.6 Å². The third kappa shape index (κ3) is 5.71. The van der Waals surface area contributed by atoms with E-state index in [0.717, 1.165) is 35.9 Å². The number of aliphatic imine (C=N–C) groups is 1. The molecule has 5 heteroatoms. The molecule has 0 heterocycles. The molecule has 0 fully saturated rings. The number of nitrogens with zero attached hydrogens (tertiary/aromatic N) is 1. The predicted octanol–water partition coefficient (Wildman–Crippen LogP) is 3.73. The SMILES string of the molecule is CCNC(=NCc1cccc(Cl)c1)NC1CC=CC1.I. The smallest absolute Gasteiger partial charge is 0.191 e. The zero-order valence-corrected chi connectivity index (χ0v) is 14.7. The van der Waals surface area contributed by atoms with Crippen molar-refractivity contribution in [2.24, 2.45) is 4.99 Å². The molecule has 0 spiro atoms. The summed E-state index contributed by atoms with van der Waals surface area (Å²) in [7, 11) is 0. The molecule has 0 aromatic heterocycles. The second kappa shape index (κ2) is 9.23. The first-order valence-electron chi connectivity index (χ1n) is 6.72. The van der Waals surface area contributed by atoms with Crippen molar-refractivity contribution in [3.8, 4) is 0 Å². The molecule has 3 nitrogen and oxygen atoms in total. The van der Waals surface area contributed by atoms with E-state index in [2.05, 4.69) is 34.7 Å². The largest absolute Gasteiger partial charge is 0.357 e. The third-order valence-corrected chi connectivity index (χ3v) is 3.24. The highest BCUT2D eigenvalue weighted by molar-refractivity contribution is 14.0. The summed E-state index contributed by atoms with van der Waals surface area (Å²) >= 11 is 5.97. The van der Waals surface area contributed by atoms with Gasteiger partial charge in [-0.05, 0) is 37.5 Å². The number of hydrogen-bond donors (Lipinski definition) is 2. The molecule has 0 saturated heterocycles. The summed E-state index contributed by atoms with van der Waals surface area (Å²) in [5.41, 5.74) is 1.12. The first-order valence-corrected chi connectivity index (χ1v) is 7.10. The number of nitrogens with one attached hydrogen (secondary N) is 2. The zero-order valence-electron chi connectivity index (χ0n) is 11.6. The molecule has 0 amide bonds. The van der Waals surface area contributed by atoms with Gasteiger partial charge in [0, 0.05) is 17.6 Å². The van der Waals surface area contributed by atoms with Crippen molar-refractivity contribution in [1.29, 1.82) is 0 Å². The van der Waals surface area contributed by atoms with Crippen LogP contribution in [0.15, 0.2) is 41.4 Å². The average Bonchev–Trinajstić information content (AvgIpc) is 2.89. The number of guanidine groups is 1. The molecule has 2 rings (SSSR count). The summed E-state index contributed by atoms with van der Waals surface area (Å²) < 4.78 is 0. The number of benzene rings is 1. The molecule has 1 aliphatic carbocycles. The fourth-order valence-corrected chi connectivity index (χ4v) is 2.27. The van der Waals surface area contributed by atoms with Gasteiger partial charge in [-0.1, -0.05) is 35.9 Å². The Morgan fingerprint density at radius 2 is 2.10 bits per heavy atom. The first kappa shape index (κ1) is 17.3.